The number of hydrogen-bond acceptors (Lipinski definition) is 8. The summed E-state index contributed by atoms with van der Waals surface area (Å²) in [6.45, 7) is 0. The maximum absolute atomic E-state index is 10.3. The molecule has 0 aliphatic rings. The fourth-order valence-corrected chi connectivity index (χ4v) is 1.71. The number of nitrogens with zero attached hydrogens (tertiary/aromatic N) is 4. The van der Waals surface area contributed by atoms with Crippen molar-refractivity contribution in [2.24, 2.45) is 10.3 Å². The highest BCUT2D eigenvalue weighted by Crippen LogP contribution is 2.15. The SMILES string of the molecule is O=[N+]([O-])c1cccc(/C(Cl)=N\O)c1.O=[N+]([O-])c1cccc(/C=N\O)c1. The maximum atomic E-state index is 10.3. The number of hydrogen-bond donors (Lipinski definition) is 2. The topological polar surface area (TPSA) is 151 Å². The summed E-state index contributed by atoms with van der Waals surface area (Å²) in [5.41, 5.74) is 0.678. The largest absolute Gasteiger partial charge is 0.411 e. The van der Waals surface area contributed by atoms with E-state index in [0.29, 0.717) is 11.1 Å². The van der Waals surface area contributed by atoms with Crippen LogP contribution in [0.3, 0.4) is 0 Å². The lowest BCUT2D eigenvalue weighted by Crippen LogP contribution is -1.93. The number of halogens is 1. The van der Waals surface area contributed by atoms with E-state index in [-0.39, 0.29) is 16.5 Å². The van der Waals surface area contributed by atoms with Gasteiger partial charge in [0.1, 0.15) is 0 Å². The van der Waals surface area contributed by atoms with Gasteiger partial charge in [0.05, 0.1) is 16.1 Å². The second-order valence-electron chi connectivity index (χ2n) is 4.29. The molecular weight excluding hydrogens is 356 g/mol. The number of oxime groups is 2. The van der Waals surface area contributed by atoms with Gasteiger partial charge in [-0.3, -0.25) is 20.2 Å². The van der Waals surface area contributed by atoms with Gasteiger partial charge in [0.2, 0.25) is 0 Å². The van der Waals surface area contributed by atoms with E-state index in [1.807, 2.05) is 0 Å². The van der Waals surface area contributed by atoms with Crippen molar-refractivity contribution in [1.82, 2.24) is 0 Å². The fourth-order valence-electron chi connectivity index (χ4n) is 1.59. The lowest BCUT2D eigenvalue weighted by molar-refractivity contribution is -0.385. The van der Waals surface area contributed by atoms with Gasteiger partial charge in [-0.15, -0.1) is 0 Å². The van der Waals surface area contributed by atoms with Crippen LogP contribution in [-0.4, -0.2) is 31.6 Å². The minimum Gasteiger partial charge on any atom is -0.411 e. The van der Waals surface area contributed by atoms with Crippen LogP contribution in [0.5, 0.6) is 0 Å². The Kier molecular flexibility index (Phi) is 7.47. The Hall–Kier alpha value is -3.53. The predicted molar refractivity (Wildman–Crippen MR) is 89.7 cm³/mol. The van der Waals surface area contributed by atoms with E-state index in [4.69, 9.17) is 22.0 Å². The lowest BCUT2D eigenvalue weighted by atomic mass is 10.2. The molecule has 0 unspecified atom stereocenters. The van der Waals surface area contributed by atoms with E-state index < -0.39 is 9.85 Å². The van der Waals surface area contributed by atoms with Gasteiger partial charge in [-0.25, -0.2) is 0 Å². The van der Waals surface area contributed by atoms with Crippen molar-refractivity contribution in [2.45, 2.75) is 0 Å². The summed E-state index contributed by atoms with van der Waals surface area (Å²) in [4.78, 5) is 19.5. The summed E-state index contributed by atoms with van der Waals surface area (Å²) in [5.74, 6) is 0. The highest BCUT2D eigenvalue weighted by atomic mass is 35.5. The summed E-state index contributed by atoms with van der Waals surface area (Å²) in [7, 11) is 0. The minimum absolute atomic E-state index is 0.0209. The van der Waals surface area contributed by atoms with Gasteiger partial charge in [-0.2, -0.15) is 0 Å². The van der Waals surface area contributed by atoms with Crippen LogP contribution in [0.2, 0.25) is 0 Å². The molecule has 25 heavy (non-hydrogen) atoms. The van der Waals surface area contributed by atoms with E-state index in [2.05, 4.69) is 10.3 Å². The van der Waals surface area contributed by atoms with E-state index in [1.54, 1.807) is 6.07 Å². The third-order valence-corrected chi connectivity index (χ3v) is 2.96. The van der Waals surface area contributed by atoms with Gasteiger partial charge in [0.15, 0.2) is 5.17 Å². The molecule has 0 radical (unpaired) electrons. The quantitative estimate of drug-likeness (QED) is 0.366. The first kappa shape index (κ1) is 19.5. The number of non-ortho nitro benzene ring substituents is 2. The zero-order valence-electron chi connectivity index (χ0n) is 12.4. The van der Waals surface area contributed by atoms with Gasteiger partial charge in [0, 0.05) is 35.4 Å². The molecule has 2 aromatic rings. The van der Waals surface area contributed by atoms with Crippen molar-refractivity contribution in [3.05, 3.63) is 79.9 Å². The van der Waals surface area contributed by atoms with Crippen LogP contribution >= 0.6 is 11.6 Å². The Balaban J connectivity index is 0.000000251. The molecule has 0 bridgehead atoms. The smallest absolute Gasteiger partial charge is 0.270 e. The van der Waals surface area contributed by atoms with Gasteiger partial charge >= 0.3 is 0 Å². The van der Waals surface area contributed by atoms with Crippen LogP contribution in [0.25, 0.3) is 0 Å². The Morgan fingerprint density at radius 3 is 2.08 bits per heavy atom. The molecule has 0 saturated heterocycles. The van der Waals surface area contributed by atoms with E-state index in [9.17, 15) is 20.2 Å². The standard InChI is InChI=1S/C7H5ClN2O3.C7H6N2O3/c8-7(9-11)5-2-1-3-6(4-5)10(12)13;10-8-5-6-2-1-3-7(4-6)9(11)12/h1-4,11H;1-5,10H/b9-7+;8-5-. The molecule has 2 N–H and O–H groups in total. The number of nitro benzene ring substituents is 2. The monoisotopic (exact) mass is 366 g/mol. The molecule has 2 aromatic carbocycles. The van der Waals surface area contributed by atoms with Gasteiger partial charge in [-0.05, 0) is 0 Å². The normalized spacial score (nSPS) is 10.8. The van der Waals surface area contributed by atoms with Crippen LogP contribution in [-0.2, 0) is 0 Å². The molecule has 0 aliphatic carbocycles. The molecule has 0 fully saturated rings. The molecule has 0 aliphatic heterocycles. The molecule has 0 saturated carbocycles. The Morgan fingerprint density at radius 2 is 1.56 bits per heavy atom. The summed E-state index contributed by atoms with van der Waals surface area (Å²) in [6.07, 6.45) is 1.13. The molecule has 0 aromatic heterocycles. The zero-order valence-corrected chi connectivity index (χ0v) is 13.1. The summed E-state index contributed by atoms with van der Waals surface area (Å²) >= 11 is 5.44. The first-order valence-corrected chi connectivity index (χ1v) is 6.81. The average Bonchev–Trinajstić information content (AvgIpc) is 2.62. The Bertz CT molecular complexity index is 824. The molecule has 11 heteroatoms. The van der Waals surface area contributed by atoms with Crippen LogP contribution in [0.1, 0.15) is 11.1 Å². The van der Waals surface area contributed by atoms with Crippen molar-refractivity contribution in [2.75, 3.05) is 0 Å². The molecule has 0 spiro atoms. The zero-order chi connectivity index (χ0) is 18.8. The maximum Gasteiger partial charge on any atom is 0.270 e. The van der Waals surface area contributed by atoms with Crippen LogP contribution in [0, 0.1) is 20.2 Å². The van der Waals surface area contributed by atoms with Crippen molar-refractivity contribution >= 4 is 34.4 Å². The molecule has 10 nitrogen and oxygen atoms in total. The summed E-state index contributed by atoms with van der Waals surface area (Å²) < 4.78 is 0. The van der Waals surface area contributed by atoms with E-state index >= 15 is 0 Å². The molecule has 0 amide bonds. The van der Waals surface area contributed by atoms with Crippen molar-refractivity contribution < 1.29 is 20.3 Å². The Labute approximate surface area is 145 Å². The molecular formula is C14H11ClN4O6. The number of nitro groups is 2. The van der Waals surface area contributed by atoms with E-state index in [1.165, 1.54) is 42.5 Å². The van der Waals surface area contributed by atoms with Gasteiger partial charge in [0.25, 0.3) is 11.4 Å². The van der Waals surface area contributed by atoms with Crippen molar-refractivity contribution in [1.29, 1.82) is 0 Å². The van der Waals surface area contributed by atoms with Gasteiger partial charge < -0.3 is 10.4 Å². The molecule has 130 valence electrons. The van der Waals surface area contributed by atoms with Crippen molar-refractivity contribution in [3.63, 3.8) is 0 Å². The highest BCUT2D eigenvalue weighted by molar-refractivity contribution is 6.69. The third-order valence-electron chi connectivity index (χ3n) is 2.67. The summed E-state index contributed by atoms with van der Waals surface area (Å²) in [6, 6.07) is 11.3. The van der Waals surface area contributed by atoms with Crippen molar-refractivity contribution in [3.8, 4) is 0 Å². The van der Waals surface area contributed by atoms with Crippen LogP contribution < -0.4 is 0 Å². The first-order chi connectivity index (χ1) is 11.9. The number of benzene rings is 2. The molecule has 2 rings (SSSR count). The predicted octanol–water partition coefficient (Wildman–Crippen LogP) is 3.37. The molecule has 0 heterocycles. The average molecular weight is 367 g/mol. The number of rotatable bonds is 4. The van der Waals surface area contributed by atoms with E-state index in [0.717, 1.165) is 6.21 Å². The Morgan fingerprint density at radius 1 is 1.00 bits per heavy atom. The highest BCUT2D eigenvalue weighted by Gasteiger charge is 2.08. The third kappa shape index (κ3) is 6.23. The fraction of sp³-hybridized carbons (Fsp3) is 0. The lowest BCUT2D eigenvalue weighted by Gasteiger charge is -1.95. The second-order valence-corrected chi connectivity index (χ2v) is 4.65. The summed E-state index contributed by atoms with van der Waals surface area (Å²) in [5, 5.41) is 42.3. The van der Waals surface area contributed by atoms with Crippen LogP contribution in [0.15, 0.2) is 58.8 Å². The first-order valence-electron chi connectivity index (χ1n) is 6.43. The van der Waals surface area contributed by atoms with Gasteiger partial charge in [-0.1, -0.05) is 46.2 Å². The second kappa shape index (κ2) is 9.57. The molecule has 0 atom stereocenters. The minimum atomic E-state index is -0.551. The van der Waals surface area contributed by atoms with Crippen LogP contribution in [0.4, 0.5) is 11.4 Å².